The van der Waals surface area contributed by atoms with Gasteiger partial charge < -0.3 is 5.73 Å². The van der Waals surface area contributed by atoms with E-state index in [0.717, 1.165) is 18.5 Å². The predicted molar refractivity (Wildman–Crippen MR) is 79.6 cm³/mol. The second kappa shape index (κ2) is 6.33. The van der Waals surface area contributed by atoms with Gasteiger partial charge in [-0.25, -0.2) is 0 Å². The maximum absolute atomic E-state index is 11.1. The Morgan fingerprint density at radius 2 is 2.25 bits per heavy atom. The number of aryl methyl sites for hydroxylation is 1. The molecule has 2 atom stereocenters. The molecule has 0 radical (unpaired) electrons. The first-order valence-electron chi connectivity index (χ1n) is 7.25. The standard InChI is InChI=1S/C15H23N3O2/c1-11-6-7-13(9-15(11)18(19)20)12(2)17-8-4-3-5-14(17)10-16/h6-7,9,12,14H,3-5,8,10,16H2,1-2H3. The Bertz CT molecular complexity index is 490. The average molecular weight is 277 g/mol. The van der Waals surface area contributed by atoms with Gasteiger partial charge in [-0.2, -0.15) is 0 Å². The maximum Gasteiger partial charge on any atom is 0.272 e. The third-order valence-corrected chi connectivity index (χ3v) is 4.35. The molecule has 1 fully saturated rings. The molecule has 1 aliphatic rings. The SMILES string of the molecule is Cc1ccc(C(C)N2CCCCC2CN)cc1[N+](=O)[O-]. The van der Waals surface area contributed by atoms with Gasteiger partial charge in [0.15, 0.2) is 0 Å². The Balaban J connectivity index is 2.25. The van der Waals surface area contributed by atoms with E-state index in [2.05, 4.69) is 11.8 Å². The summed E-state index contributed by atoms with van der Waals surface area (Å²) in [7, 11) is 0. The number of hydrogen-bond acceptors (Lipinski definition) is 4. The fourth-order valence-corrected chi connectivity index (χ4v) is 3.06. The molecule has 1 aliphatic heterocycles. The van der Waals surface area contributed by atoms with E-state index >= 15 is 0 Å². The lowest BCUT2D eigenvalue weighted by Crippen LogP contribution is -2.45. The van der Waals surface area contributed by atoms with Crippen LogP contribution >= 0.6 is 0 Å². The summed E-state index contributed by atoms with van der Waals surface area (Å²) in [6.07, 6.45) is 3.52. The van der Waals surface area contributed by atoms with E-state index in [0.29, 0.717) is 18.2 Å². The van der Waals surface area contributed by atoms with Gasteiger partial charge in [-0.15, -0.1) is 0 Å². The summed E-state index contributed by atoms with van der Waals surface area (Å²) in [5, 5.41) is 11.1. The summed E-state index contributed by atoms with van der Waals surface area (Å²) in [5.74, 6) is 0. The third-order valence-electron chi connectivity index (χ3n) is 4.35. The molecular formula is C15H23N3O2. The highest BCUT2D eigenvalue weighted by Gasteiger charge is 2.27. The number of benzene rings is 1. The van der Waals surface area contributed by atoms with Crippen molar-refractivity contribution in [3.8, 4) is 0 Å². The topological polar surface area (TPSA) is 72.4 Å². The van der Waals surface area contributed by atoms with Crippen LogP contribution in [0.1, 0.15) is 43.4 Å². The minimum absolute atomic E-state index is 0.170. The number of piperidine rings is 1. The molecule has 1 aromatic rings. The van der Waals surface area contributed by atoms with Crippen molar-refractivity contribution in [1.29, 1.82) is 0 Å². The highest BCUT2D eigenvalue weighted by atomic mass is 16.6. The first kappa shape index (κ1) is 14.9. The van der Waals surface area contributed by atoms with Crippen LogP contribution in [0.2, 0.25) is 0 Å². The Morgan fingerprint density at radius 3 is 2.90 bits per heavy atom. The van der Waals surface area contributed by atoms with Crippen molar-refractivity contribution in [3.63, 3.8) is 0 Å². The van der Waals surface area contributed by atoms with E-state index in [9.17, 15) is 10.1 Å². The van der Waals surface area contributed by atoms with Crippen molar-refractivity contribution in [2.24, 2.45) is 5.73 Å². The van der Waals surface area contributed by atoms with E-state index in [1.807, 2.05) is 12.1 Å². The van der Waals surface area contributed by atoms with E-state index in [4.69, 9.17) is 5.73 Å². The van der Waals surface area contributed by atoms with E-state index in [1.165, 1.54) is 12.8 Å². The van der Waals surface area contributed by atoms with Crippen molar-refractivity contribution >= 4 is 5.69 Å². The summed E-state index contributed by atoms with van der Waals surface area (Å²) >= 11 is 0. The molecule has 5 heteroatoms. The van der Waals surface area contributed by atoms with Gasteiger partial charge in [0.2, 0.25) is 0 Å². The largest absolute Gasteiger partial charge is 0.329 e. The Hall–Kier alpha value is -1.46. The number of likely N-dealkylation sites (tertiary alicyclic amines) is 1. The van der Waals surface area contributed by atoms with E-state index < -0.39 is 0 Å². The average Bonchev–Trinajstić information content (AvgIpc) is 2.46. The van der Waals surface area contributed by atoms with Crippen LogP contribution in [0, 0.1) is 17.0 Å². The van der Waals surface area contributed by atoms with Crippen LogP contribution in [0.25, 0.3) is 0 Å². The number of nitrogens with zero attached hydrogens (tertiary/aromatic N) is 2. The Labute approximate surface area is 119 Å². The zero-order chi connectivity index (χ0) is 14.7. The number of nitro benzene ring substituents is 1. The molecule has 0 aromatic heterocycles. The fourth-order valence-electron chi connectivity index (χ4n) is 3.06. The zero-order valence-corrected chi connectivity index (χ0v) is 12.2. The normalized spacial score (nSPS) is 21.6. The van der Waals surface area contributed by atoms with Gasteiger partial charge in [0, 0.05) is 30.3 Å². The highest BCUT2D eigenvalue weighted by molar-refractivity contribution is 5.43. The smallest absolute Gasteiger partial charge is 0.272 e. The van der Waals surface area contributed by atoms with Gasteiger partial charge in [-0.3, -0.25) is 15.0 Å². The van der Waals surface area contributed by atoms with Crippen molar-refractivity contribution in [1.82, 2.24) is 4.90 Å². The van der Waals surface area contributed by atoms with Gasteiger partial charge >= 0.3 is 0 Å². The summed E-state index contributed by atoms with van der Waals surface area (Å²) in [6.45, 7) is 5.56. The Kier molecular flexibility index (Phi) is 4.73. The van der Waals surface area contributed by atoms with Crippen LogP contribution < -0.4 is 5.73 Å². The van der Waals surface area contributed by atoms with Gasteiger partial charge in [-0.1, -0.05) is 18.6 Å². The molecule has 1 saturated heterocycles. The minimum atomic E-state index is -0.303. The lowest BCUT2D eigenvalue weighted by atomic mass is 9.96. The highest BCUT2D eigenvalue weighted by Crippen LogP contribution is 2.30. The lowest BCUT2D eigenvalue weighted by molar-refractivity contribution is -0.385. The van der Waals surface area contributed by atoms with Gasteiger partial charge in [0.05, 0.1) is 4.92 Å². The molecular weight excluding hydrogens is 254 g/mol. The zero-order valence-electron chi connectivity index (χ0n) is 12.2. The summed E-state index contributed by atoms with van der Waals surface area (Å²) in [4.78, 5) is 13.1. The van der Waals surface area contributed by atoms with Crippen LogP contribution in [0.5, 0.6) is 0 Å². The van der Waals surface area contributed by atoms with Gasteiger partial charge in [0.25, 0.3) is 5.69 Å². The van der Waals surface area contributed by atoms with Crippen molar-refractivity contribution < 1.29 is 4.92 Å². The number of rotatable bonds is 4. The van der Waals surface area contributed by atoms with Crippen molar-refractivity contribution in [2.45, 2.75) is 45.2 Å². The summed E-state index contributed by atoms with van der Waals surface area (Å²) in [6, 6.07) is 6.10. The van der Waals surface area contributed by atoms with E-state index in [1.54, 1.807) is 13.0 Å². The van der Waals surface area contributed by atoms with Crippen LogP contribution in [0.4, 0.5) is 5.69 Å². The first-order chi connectivity index (χ1) is 9.54. The number of nitro groups is 1. The lowest BCUT2D eigenvalue weighted by Gasteiger charge is -2.39. The predicted octanol–water partition coefficient (Wildman–Crippen LogP) is 2.78. The Morgan fingerprint density at radius 1 is 1.50 bits per heavy atom. The molecule has 110 valence electrons. The van der Waals surface area contributed by atoms with Crippen LogP contribution in [0.15, 0.2) is 18.2 Å². The van der Waals surface area contributed by atoms with Crippen molar-refractivity contribution in [2.75, 3.05) is 13.1 Å². The van der Waals surface area contributed by atoms with Gasteiger partial charge in [-0.05, 0) is 38.8 Å². The molecule has 0 saturated carbocycles. The van der Waals surface area contributed by atoms with Crippen LogP contribution in [-0.2, 0) is 0 Å². The maximum atomic E-state index is 11.1. The van der Waals surface area contributed by atoms with Crippen molar-refractivity contribution in [3.05, 3.63) is 39.4 Å². The summed E-state index contributed by atoms with van der Waals surface area (Å²) < 4.78 is 0. The number of hydrogen-bond donors (Lipinski definition) is 1. The first-order valence-corrected chi connectivity index (χ1v) is 7.25. The molecule has 1 aromatic carbocycles. The van der Waals surface area contributed by atoms with E-state index in [-0.39, 0.29) is 16.7 Å². The molecule has 0 bridgehead atoms. The molecule has 0 amide bonds. The second-order valence-corrected chi connectivity index (χ2v) is 5.60. The fraction of sp³-hybridized carbons (Fsp3) is 0.600. The molecule has 20 heavy (non-hydrogen) atoms. The number of nitrogens with two attached hydrogens (primary N) is 1. The quantitative estimate of drug-likeness (QED) is 0.678. The third kappa shape index (κ3) is 2.99. The molecule has 0 spiro atoms. The molecule has 2 rings (SSSR count). The van der Waals surface area contributed by atoms with Gasteiger partial charge in [0.1, 0.15) is 0 Å². The monoisotopic (exact) mass is 277 g/mol. The van der Waals surface area contributed by atoms with Crippen LogP contribution in [-0.4, -0.2) is 29.0 Å². The molecule has 5 nitrogen and oxygen atoms in total. The summed E-state index contributed by atoms with van der Waals surface area (Å²) in [5.41, 5.74) is 7.78. The molecule has 2 unspecified atom stereocenters. The molecule has 1 heterocycles. The second-order valence-electron chi connectivity index (χ2n) is 5.60. The van der Waals surface area contributed by atoms with Crippen LogP contribution in [0.3, 0.4) is 0 Å². The minimum Gasteiger partial charge on any atom is -0.329 e. The molecule has 2 N–H and O–H groups in total. The molecule has 0 aliphatic carbocycles.